The van der Waals surface area contributed by atoms with E-state index in [0.717, 1.165) is 13.1 Å². The first-order valence-corrected chi connectivity index (χ1v) is 10.4. The fourth-order valence-electron chi connectivity index (χ4n) is 5.28. The van der Waals surface area contributed by atoms with Crippen LogP contribution in [0, 0.1) is 41.5 Å². The molecule has 28 heavy (non-hydrogen) atoms. The van der Waals surface area contributed by atoms with Crippen LogP contribution in [-0.4, -0.2) is 25.0 Å². The highest BCUT2D eigenvalue weighted by Crippen LogP contribution is 2.47. The SMILES string of the molecule is Cc1cc(C)c([N+]2(c3c(C)cc(C)cc3C)CCNC2OC(C)(C)C)c(C)c1. The van der Waals surface area contributed by atoms with Gasteiger partial charge in [0.1, 0.15) is 17.9 Å². The van der Waals surface area contributed by atoms with E-state index in [1.54, 1.807) is 0 Å². The Labute approximate surface area is 171 Å². The van der Waals surface area contributed by atoms with Crippen LogP contribution < -0.4 is 9.80 Å². The first-order valence-electron chi connectivity index (χ1n) is 10.4. The van der Waals surface area contributed by atoms with Gasteiger partial charge in [-0.15, -0.1) is 0 Å². The lowest BCUT2D eigenvalue weighted by molar-refractivity contribution is -0.109. The zero-order chi connectivity index (χ0) is 20.9. The summed E-state index contributed by atoms with van der Waals surface area (Å²) in [4.78, 5) is 0. The van der Waals surface area contributed by atoms with Gasteiger partial charge in [0, 0.05) is 22.3 Å². The van der Waals surface area contributed by atoms with Crippen molar-refractivity contribution < 1.29 is 4.74 Å². The van der Waals surface area contributed by atoms with Crippen LogP contribution in [-0.2, 0) is 4.74 Å². The smallest absolute Gasteiger partial charge is 0.263 e. The molecule has 3 heteroatoms. The molecule has 2 aromatic rings. The number of hydrogen-bond acceptors (Lipinski definition) is 2. The number of ether oxygens (including phenoxy) is 1. The maximum absolute atomic E-state index is 6.67. The third kappa shape index (κ3) is 3.63. The van der Waals surface area contributed by atoms with Crippen LogP contribution in [0.1, 0.15) is 54.2 Å². The molecular formula is C25H37N2O+. The third-order valence-electron chi connectivity index (χ3n) is 5.72. The highest BCUT2D eigenvalue weighted by molar-refractivity contribution is 5.71. The monoisotopic (exact) mass is 381 g/mol. The average molecular weight is 382 g/mol. The van der Waals surface area contributed by atoms with Gasteiger partial charge in [-0.05, 0) is 62.3 Å². The fourth-order valence-corrected chi connectivity index (χ4v) is 5.28. The fraction of sp³-hybridized carbons (Fsp3) is 0.520. The number of benzene rings is 2. The van der Waals surface area contributed by atoms with Crippen molar-refractivity contribution in [1.82, 2.24) is 9.80 Å². The molecule has 1 aliphatic heterocycles. The topological polar surface area (TPSA) is 21.3 Å². The zero-order valence-electron chi connectivity index (χ0n) is 19.2. The number of rotatable bonds is 3. The van der Waals surface area contributed by atoms with Crippen LogP contribution in [0.3, 0.4) is 0 Å². The average Bonchev–Trinajstić information content (AvgIpc) is 2.86. The minimum atomic E-state index is -0.232. The molecule has 2 aromatic carbocycles. The van der Waals surface area contributed by atoms with Gasteiger partial charge in [-0.2, -0.15) is 0 Å². The minimum Gasteiger partial charge on any atom is -0.310 e. The van der Waals surface area contributed by atoms with E-state index in [1.165, 1.54) is 44.8 Å². The Bertz CT molecular complexity index is 788. The maximum Gasteiger partial charge on any atom is 0.263 e. The van der Waals surface area contributed by atoms with Crippen molar-refractivity contribution >= 4 is 11.4 Å². The molecule has 1 heterocycles. The summed E-state index contributed by atoms with van der Waals surface area (Å²) < 4.78 is 7.38. The molecule has 0 aromatic heterocycles. The number of quaternary nitrogens is 1. The number of aryl methyl sites for hydroxylation is 6. The molecule has 0 radical (unpaired) electrons. The van der Waals surface area contributed by atoms with Crippen molar-refractivity contribution in [3.8, 4) is 0 Å². The second-order valence-electron chi connectivity index (χ2n) is 9.62. The van der Waals surface area contributed by atoms with Crippen molar-refractivity contribution in [3.05, 3.63) is 57.6 Å². The van der Waals surface area contributed by atoms with Crippen molar-refractivity contribution in [3.63, 3.8) is 0 Å². The van der Waals surface area contributed by atoms with E-state index in [-0.39, 0.29) is 12.0 Å². The second kappa shape index (κ2) is 7.29. The molecule has 152 valence electrons. The van der Waals surface area contributed by atoms with E-state index in [9.17, 15) is 0 Å². The second-order valence-corrected chi connectivity index (χ2v) is 9.62. The van der Waals surface area contributed by atoms with Gasteiger partial charge >= 0.3 is 0 Å². The van der Waals surface area contributed by atoms with Crippen molar-refractivity contribution in [1.29, 1.82) is 0 Å². The van der Waals surface area contributed by atoms with Gasteiger partial charge < -0.3 is 4.74 Å². The van der Waals surface area contributed by atoms with E-state index in [4.69, 9.17) is 4.74 Å². The molecule has 0 saturated carbocycles. The molecule has 1 aliphatic rings. The molecule has 0 aliphatic carbocycles. The summed E-state index contributed by atoms with van der Waals surface area (Å²) >= 11 is 0. The molecule has 1 N–H and O–H groups in total. The van der Waals surface area contributed by atoms with Gasteiger partial charge in [-0.3, -0.25) is 0 Å². The van der Waals surface area contributed by atoms with E-state index in [1.807, 2.05) is 0 Å². The van der Waals surface area contributed by atoms with Crippen LogP contribution in [0.2, 0.25) is 0 Å². The summed E-state index contributed by atoms with van der Waals surface area (Å²) in [5.41, 5.74) is 10.5. The number of hydrogen-bond donors (Lipinski definition) is 1. The molecule has 1 unspecified atom stereocenters. The van der Waals surface area contributed by atoms with E-state index >= 15 is 0 Å². The van der Waals surface area contributed by atoms with Crippen LogP contribution in [0.15, 0.2) is 24.3 Å². The molecule has 0 amide bonds. The van der Waals surface area contributed by atoms with Gasteiger partial charge in [0.15, 0.2) is 0 Å². The van der Waals surface area contributed by atoms with Crippen LogP contribution in [0.5, 0.6) is 0 Å². The summed E-state index contributed by atoms with van der Waals surface area (Å²) in [5.74, 6) is 0. The van der Waals surface area contributed by atoms with Crippen molar-refractivity contribution in [2.45, 2.75) is 74.3 Å². The summed E-state index contributed by atoms with van der Waals surface area (Å²) in [7, 11) is 0. The minimum absolute atomic E-state index is 0.111. The van der Waals surface area contributed by atoms with E-state index < -0.39 is 0 Å². The van der Waals surface area contributed by atoms with Crippen LogP contribution >= 0.6 is 0 Å². The first kappa shape index (κ1) is 21.0. The molecule has 1 atom stereocenters. The summed E-state index contributed by atoms with van der Waals surface area (Å²) in [6, 6.07) is 9.25. The van der Waals surface area contributed by atoms with E-state index in [2.05, 4.69) is 91.9 Å². The molecular weight excluding hydrogens is 344 g/mol. The Morgan fingerprint density at radius 1 is 0.786 bits per heavy atom. The Hall–Kier alpha value is -1.68. The molecule has 0 bridgehead atoms. The molecule has 3 nitrogen and oxygen atoms in total. The quantitative estimate of drug-likeness (QED) is 0.671. The largest absolute Gasteiger partial charge is 0.310 e. The Balaban J connectivity index is 2.37. The molecule has 1 fully saturated rings. The maximum atomic E-state index is 6.67. The molecule has 1 saturated heterocycles. The normalized spacial score (nSPS) is 19.2. The predicted octanol–water partition coefficient (Wildman–Crippen LogP) is 5.88. The standard InChI is InChI=1S/C25H37N2O/c1-16-12-18(3)22(19(4)13-16)27(11-10-26-24(27)28-25(7,8)9)23-20(5)14-17(2)15-21(23)6/h12-15,24,26H,10-11H2,1-9H3/q+1. The summed E-state index contributed by atoms with van der Waals surface area (Å²) in [6.45, 7) is 21.7. The van der Waals surface area contributed by atoms with Crippen molar-refractivity contribution in [2.24, 2.45) is 0 Å². The van der Waals surface area contributed by atoms with Crippen LogP contribution in [0.25, 0.3) is 0 Å². The first-order chi connectivity index (χ1) is 13.0. The summed E-state index contributed by atoms with van der Waals surface area (Å²) in [5, 5.41) is 3.69. The predicted molar refractivity (Wildman–Crippen MR) is 120 cm³/mol. The lowest BCUT2D eigenvalue weighted by Gasteiger charge is -2.43. The van der Waals surface area contributed by atoms with Gasteiger partial charge in [0.2, 0.25) is 0 Å². The Morgan fingerprint density at radius 3 is 1.54 bits per heavy atom. The third-order valence-corrected chi connectivity index (χ3v) is 5.72. The highest BCUT2D eigenvalue weighted by Gasteiger charge is 2.51. The van der Waals surface area contributed by atoms with Gasteiger partial charge in [-0.1, -0.05) is 35.4 Å². The lowest BCUT2D eigenvalue weighted by atomic mass is 9.97. The Kier molecular flexibility index (Phi) is 5.48. The molecule has 3 rings (SSSR count). The van der Waals surface area contributed by atoms with E-state index in [0.29, 0.717) is 4.48 Å². The number of nitrogens with one attached hydrogen (secondary N) is 1. The van der Waals surface area contributed by atoms with Gasteiger partial charge in [0.25, 0.3) is 6.35 Å². The van der Waals surface area contributed by atoms with Crippen molar-refractivity contribution in [2.75, 3.05) is 13.1 Å². The van der Waals surface area contributed by atoms with Gasteiger partial charge in [0.05, 0.1) is 12.1 Å². The lowest BCUT2D eigenvalue weighted by Crippen LogP contribution is -2.56. The molecule has 0 spiro atoms. The van der Waals surface area contributed by atoms with Crippen LogP contribution in [0.4, 0.5) is 11.4 Å². The Morgan fingerprint density at radius 2 is 1.18 bits per heavy atom. The zero-order valence-corrected chi connectivity index (χ0v) is 19.2. The summed E-state index contributed by atoms with van der Waals surface area (Å²) in [6.07, 6.45) is -0.111. The van der Waals surface area contributed by atoms with Gasteiger partial charge in [-0.25, -0.2) is 9.80 Å². The highest BCUT2D eigenvalue weighted by atomic mass is 16.5. The number of nitrogens with zero attached hydrogens (tertiary/aromatic N) is 1.